The van der Waals surface area contributed by atoms with Crippen LogP contribution in [0.2, 0.25) is 15.1 Å². The Morgan fingerprint density at radius 3 is 2.32 bits per heavy atom. The van der Waals surface area contributed by atoms with Gasteiger partial charge in [0, 0.05) is 32.8 Å². The fraction of sp³-hybridized carbons (Fsp3) is 0.375. The van der Waals surface area contributed by atoms with Gasteiger partial charge in [0.05, 0.1) is 0 Å². The highest BCUT2D eigenvalue weighted by atomic mass is 35.5. The van der Waals surface area contributed by atoms with E-state index in [1.165, 1.54) is 11.1 Å². The van der Waals surface area contributed by atoms with Crippen molar-refractivity contribution in [3.63, 3.8) is 0 Å². The van der Waals surface area contributed by atoms with Gasteiger partial charge in [-0.3, -0.25) is 4.79 Å². The molecule has 0 spiro atoms. The molecule has 4 heteroatoms. The molecular formula is C24H23Cl3O. The Hall–Kier alpha value is -1.28. The zero-order valence-corrected chi connectivity index (χ0v) is 18.2. The van der Waals surface area contributed by atoms with Crippen molar-refractivity contribution in [3.8, 4) is 0 Å². The van der Waals surface area contributed by atoms with Crippen LogP contribution >= 0.6 is 34.8 Å². The molecule has 0 heterocycles. The summed E-state index contributed by atoms with van der Waals surface area (Å²) in [4.78, 5) is 13.0. The van der Waals surface area contributed by atoms with Gasteiger partial charge in [-0.05, 0) is 67.0 Å². The fourth-order valence-corrected chi connectivity index (χ4v) is 5.90. The Bertz CT molecular complexity index is 931. The highest BCUT2D eigenvalue weighted by Crippen LogP contribution is 2.56. The molecule has 0 aliphatic heterocycles. The molecule has 0 radical (unpaired) electrons. The van der Waals surface area contributed by atoms with Gasteiger partial charge in [-0.1, -0.05) is 71.6 Å². The molecule has 0 amide bonds. The van der Waals surface area contributed by atoms with E-state index in [4.69, 9.17) is 34.8 Å². The van der Waals surface area contributed by atoms with Gasteiger partial charge in [0.1, 0.15) is 5.78 Å². The highest BCUT2D eigenvalue weighted by molar-refractivity contribution is 6.35. The summed E-state index contributed by atoms with van der Waals surface area (Å²) >= 11 is 18.9. The number of hydrogen-bond donors (Lipinski definition) is 0. The minimum atomic E-state index is -0.00652. The summed E-state index contributed by atoms with van der Waals surface area (Å²) in [5, 5.41) is 2.03. The van der Waals surface area contributed by atoms with Gasteiger partial charge in [0.2, 0.25) is 0 Å². The predicted octanol–water partition coefficient (Wildman–Crippen LogP) is 7.71. The van der Waals surface area contributed by atoms with Crippen LogP contribution in [0.4, 0.5) is 0 Å². The molecule has 1 saturated carbocycles. The molecule has 0 bridgehead atoms. The van der Waals surface area contributed by atoms with Crippen molar-refractivity contribution in [2.24, 2.45) is 17.8 Å². The number of fused-ring (bicyclic) bond motifs is 1. The smallest absolute Gasteiger partial charge is 0.143 e. The Kier molecular flexibility index (Phi) is 5.62. The lowest BCUT2D eigenvalue weighted by molar-refractivity contribution is -0.123. The largest absolute Gasteiger partial charge is 0.299 e. The van der Waals surface area contributed by atoms with Crippen LogP contribution in [-0.4, -0.2) is 5.78 Å². The van der Waals surface area contributed by atoms with Crippen LogP contribution in [0.5, 0.6) is 0 Å². The van der Waals surface area contributed by atoms with Crippen molar-refractivity contribution >= 4 is 40.6 Å². The fourth-order valence-electron chi connectivity index (χ4n) is 5.25. The van der Waals surface area contributed by atoms with E-state index in [0.29, 0.717) is 15.8 Å². The summed E-state index contributed by atoms with van der Waals surface area (Å²) < 4.78 is 0. The molecule has 146 valence electrons. The average Bonchev–Trinajstić information content (AvgIpc) is 2.98. The Labute approximate surface area is 181 Å². The van der Waals surface area contributed by atoms with E-state index in [-0.39, 0.29) is 29.6 Å². The monoisotopic (exact) mass is 432 g/mol. The summed E-state index contributed by atoms with van der Waals surface area (Å²) in [5.74, 6) is 1.12. The van der Waals surface area contributed by atoms with Crippen LogP contribution in [0.1, 0.15) is 49.7 Å². The molecule has 1 fully saturated rings. The van der Waals surface area contributed by atoms with E-state index in [9.17, 15) is 4.79 Å². The van der Waals surface area contributed by atoms with Gasteiger partial charge in [0.15, 0.2) is 0 Å². The van der Waals surface area contributed by atoms with Crippen molar-refractivity contribution in [2.75, 3.05) is 0 Å². The minimum absolute atomic E-state index is 0.00652. The van der Waals surface area contributed by atoms with Gasteiger partial charge in [0.25, 0.3) is 0 Å². The Morgan fingerprint density at radius 1 is 1.00 bits per heavy atom. The first-order valence-corrected chi connectivity index (χ1v) is 11.0. The number of rotatable bonds is 3. The molecule has 5 atom stereocenters. The summed E-state index contributed by atoms with van der Waals surface area (Å²) in [6.45, 7) is 4.24. The molecule has 1 nitrogen and oxygen atoms in total. The maximum absolute atomic E-state index is 13.0. The maximum atomic E-state index is 13.0. The zero-order valence-electron chi connectivity index (χ0n) is 16.0. The Balaban J connectivity index is 1.87. The molecule has 2 aromatic carbocycles. The van der Waals surface area contributed by atoms with Gasteiger partial charge in [-0.25, -0.2) is 0 Å². The van der Waals surface area contributed by atoms with E-state index >= 15 is 0 Å². The van der Waals surface area contributed by atoms with Crippen LogP contribution in [-0.2, 0) is 4.79 Å². The molecule has 2 aliphatic carbocycles. The van der Waals surface area contributed by atoms with Crippen LogP contribution in [0.3, 0.4) is 0 Å². The molecule has 28 heavy (non-hydrogen) atoms. The second kappa shape index (κ2) is 7.86. The van der Waals surface area contributed by atoms with Crippen molar-refractivity contribution in [1.29, 1.82) is 0 Å². The molecule has 2 aliphatic rings. The summed E-state index contributed by atoms with van der Waals surface area (Å²) in [7, 11) is 0. The second-order valence-corrected chi connectivity index (χ2v) is 9.34. The van der Waals surface area contributed by atoms with Crippen LogP contribution < -0.4 is 0 Å². The third-order valence-electron chi connectivity index (χ3n) is 6.55. The Morgan fingerprint density at radius 2 is 1.68 bits per heavy atom. The summed E-state index contributed by atoms with van der Waals surface area (Å²) in [6, 6.07) is 13.8. The summed E-state index contributed by atoms with van der Waals surface area (Å²) in [5.41, 5.74) is 3.49. The first kappa shape index (κ1) is 20.0. The maximum Gasteiger partial charge on any atom is 0.143 e. The SMILES string of the molecule is CCC1C[C@@H]2[C@H](C=C(C)C(c3ccc(Cl)cc3Cl)[C@@H]2c2ccc(Cl)cc2)C1=O. The number of ketones is 1. The number of hydrogen-bond acceptors (Lipinski definition) is 1. The van der Waals surface area contributed by atoms with Crippen LogP contribution in [0.15, 0.2) is 54.1 Å². The first-order valence-electron chi connectivity index (χ1n) is 9.83. The lowest BCUT2D eigenvalue weighted by atomic mass is 9.64. The van der Waals surface area contributed by atoms with Crippen molar-refractivity contribution in [2.45, 2.75) is 38.5 Å². The highest BCUT2D eigenvalue weighted by Gasteiger charge is 2.49. The van der Waals surface area contributed by atoms with Crippen molar-refractivity contribution in [3.05, 3.63) is 80.3 Å². The number of allylic oxidation sites excluding steroid dienone is 2. The summed E-state index contributed by atoms with van der Waals surface area (Å²) in [6.07, 6.45) is 4.03. The quantitative estimate of drug-likeness (QED) is 0.453. The molecule has 4 rings (SSSR count). The minimum Gasteiger partial charge on any atom is -0.299 e. The van der Waals surface area contributed by atoms with Gasteiger partial charge < -0.3 is 0 Å². The number of carbonyl (C=O) groups is 1. The number of benzene rings is 2. The lowest BCUT2D eigenvalue weighted by Crippen LogP contribution is -2.30. The standard InChI is InChI=1S/C24H23Cl3O/c1-3-14-11-19-20(24(14)28)10-13(2)22(18-9-8-17(26)12-21(18)27)23(19)15-4-6-16(25)7-5-15/h4-10,12,14,19-20,22-23H,3,11H2,1-2H3/t14?,19-,20+,22?,23-/m1/s1. The van der Waals surface area contributed by atoms with Crippen molar-refractivity contribution < 1.29 is 4.79 Å². The zero-order chi connectivity index (χ0) is 20.0. The van der Waals surface area contributed by atoms with Gasteiger partial charge in [-0.15, -0.1) is 0 Å². The molecule has 0 N–H and O–H groups in total. The number of carbonyl (C=O) groups excluding carboxylic acids is 1. The van der Waals surface area contributed by atoms with Gasteiger partial charge >= 0.3 is 0 Å². The number of Topliss-reactive ketones (excluding diaryl/α,β-unsaturated/α-hetero) is 1. The van der Waals surface area contributed by atoms with Crippen LogP contribution in [0.25, 0.3) is 0 Å². The topological polar surface area (TPSA) is 17.1 Å². The predicted molar refractivity (Wildman–Crippen MR) is 118 cm³/mol. The second-order valence-electron chi connectivity index (χ2n) is 8.06. The normalized spacial score (nSPS) is 29.5. The van der Waals surface area contributed by atoms with E-state index < -0.39 is 0 Å². The lowest BCUT2D eigenvalue weighted by Gasteiger charge is -2.40. The molecule has 2 aromatic rings. The van der Waals surface area contributed by atoms with E-state index in [2.05, 4.69) is 32.1 Å². The molecule has 0 aromatic heterocycles. The molecular weight excluding hydrogens is 411 g/mol. The third kappa shape index (κ3) is 3.43. The van der Waals surface area contributed by atoms with E-state index in [1.807, 2.05) is 30.3 Å². The number of halogens is 3. The van der Waals surface area contributed by atoms with E-state index in [0.717, 1.165) is 23.4 Å². The third-order valence-corrected chi connectivity index (χ3v) is 7.36. The average molecular weight is 434 g/mol. The molecule has 2 unspecified atom stereocenters. The molecule has 0 saturated heterocycles. The van der Waals surface area contributed by atoms with Crippen LogP contribution in [0, 0.1) is 17.8 Å². The van der Waals surface area contributed by atoms with Gasteiger partial charge in [-0.2, -0.15) is 0 Å². The van der Waals surface area contributed by atoms with E-state index in [1.54, 1.807) is 0 Å². The first-order chi connectivity index (χ1) is 13.4. The van der Waals surface area contributed by atoms with Crippen molar-refractivity contribution in [1.82, 2.24) is 0 Å².